The van der Waals surface area contributed by atoms with Crippen molar-refractivity contribution in [1.29, 1.82) is 0 Å². The number of fused-ring (bicyclic) bond motifs is 3. The molecule has 0 fully saturated rings. The number of carbonyl (C=O) groups is 1. The van der Waals surface area contributed by atoms with E-state index in [1.807, 2.05) is 24.3 Å². The van der Waals surface area contributed by atoms with Crippen LogP contribution in [0.1, 0.15) is 0 Å². The number of aromatic nitrogens is 3. The van der Waals surface area contributed by atoms with Crippen molar-refractivity contribution in [2.45, 2.75) is 5.16 Å². The molecule has 0 bridgehead atoms. The third-order valence-electron chi connectivity index (χ3n) is 5.27. The molecule has 2 heterocycles. The molecular weight excluding hydrogens is 455 g/mol. The van der Waals surface area contributed by atoms with E-state index in [0.717, 1.165) is 22.7 Å². The molecule has 0 atom stereocenters. The Morgan fingerprint density at radius 3 is 2.71 bits per heavy atom. The van der Waals surface area contributed by atoms with Crippen molar-refractivity contribution in [1.82, 2.24) is 14.5 Å². The number of methoxy groups -OCH3 is 1. The Bertz CT molecular complexity index is 1580. The minimum atomic E-state index is -0.383. The van der Waals surface area contributed by atoms with Crippen LogP contribution in [0.4, 0.5) is 10.1 Å². The third kappa shape index (κ3) is 4.13. The standard InChI is InChI=1S/C25H19FN4O3S/c1-33-18-6-4-5-17(13-18)30-24(32)23-22(19-7-2-3-8-20(19)28-23)29-25(30)34-14-21(31)27-16-11-9-15(26)10-12-16/h2-13,28H,14H2,1H3,(H,27,31). The number of aromatic amines is 1. The zero-order valence-corrected chi connectivity index (χ0v) is 18.9. The van der Waals surface area contributed by atoms with E-state index in [2.05, 4.69) is 10.3 Å². The first-order chi connectivity index (χ1) is 16.5. The lowest BCUT2D eigenvalue weighted by molar-refractivity contribution is -0.113. The van der Waals surface area contributed by atoms with Crippen LogP contribution >= 0.6 is 11.8 Å². The van der Waals surface area contributed by atoms with Gasteiger partial charge in [0.25, 0.3) is 5.56 Å². The topological polar surface area (TPSA) is 89.0 Å². The van der Waals surface area contributed by atoms with Crippen molar-refractivity contribution in [2.24, 2.45) is 0 Å². The highest BCUT2D eigenvalue weighted by Gasteiger charge is 2.18. The van der Waals surface area contributed by atoms with E-state index >= 15 is 0 Å². The molecular formula is C25H19FN4O3S. The summed E-state index contributed by atoms with van der Waals surface area (Å²) in [4.78, 5) is 34.1. The Kier molecular flexibility index (Phi) is 5.77. The van der Waals surface area contributed by atoms with Crippen LogP contribution in [0.15, 0.2) is 82.7 Å². The Balaban J connectivity index is 1.56. The zero-order chi connectivity index (χ0) is 23.7. The minimum absolute atomic E-state index is 0.00163. The molecule has 0 unspecified atom stereocenters. The molecule has 3 aromatic carbocycles. The van der Waals surface area contributed by atoms with Gasteiger partial charge in [0.1, 0.15) is 22.6 Å². The molecule has 9 heteroatoms. The largest absolute Gasteiger partial charge is 0.497 e. The van der Waals surface area contributed by atoms with Crippen LogP contribution < -0.4 is 15.6 Å². The van der Waals surface area contributed by atoms with E-state index in [1.54, 1.807) is 31.4 Å². The average Bonchev–Trinajstić information content (AvgIpc) is 3.23. The van der Waals surface area contributed by atoms with Crippen molar-refractivity contribution in [3.63, 3.8) is 0 Å². The maximum atomic E-state index is 13.6. The third-order valence-corrected chi connectivity index (χ3v) is 6.20. The van der Waals surface area contributed by atoms with Crippen molar-refractivity contribution in [3.05, 3.63) is 89.0 Å². The van der Waals surface area contributed by atoms with Gasteiger partial charge < -0.3 is 15.0 Å². The smallest absolute Gasteiger partial charge is 0.283 e. The number of halogens is 1. The van der Waals surface area contributed by atoms with Gasteiger partial charge in [0.15, 0.2) is 5.16 Å². The van der Waals surface area contributed by atoms with Crippen LogP contribution in [-0.4, -0.2) is 33.3 Å². The monoisotopic (exact) mass is 474 g/mol. The number of nitrogens with zero attached hydrogens (tertiary/aromatic N) is 2. The first-order valence-electron chi connectivity index (χ1n) is 10.4. The lowest BCUT2D eigenvalue weighted by atomic mass is 10.2. The second-order valence-corrected chi connectivity index (χ2v) is 8.42. The van der Waals surface area contributed by atoms with Gasteiger partial charge in [0.05, 0.1) is 18.6 Å². The van der Waals surface area contributed by atoms with Gasteiger partial charge in [0.2, 0.25) is 5.91 Å². The molecule has 0 aliphatic heterocycles. The molecule has 0 aliphatic carbocycles. The summed E-state index contributed by atoms with van der Waals surface area (Å²) >= 11 is 1.14. The number of benzene rings is 3. The SMILES string of the molecule is COc1cccc(-n2c(SCC(=O)Nc3ccc(F)cc3)nc3c([nH]c4ccccc43)c2=O)c1. The predicted molar refractivity (Wildman–Crippen MR) is 132 cm³/mol. The zero-order valence-electron chi connectivity index (χ0n) is 18.0. The highest BCUT2D eigenvalue weighted by Crippen LogP contribution is 2.27. The van der Waals surface area contributed by atoms with Crippen LogP contribution in [0.5, 0.6) is 5.75 Å². The maximum Gasteiger partial charge on any atom is 0.283 e. The summed E-state index contributed by atoms with van der Waals surface area (Å²) in [7, 11) is 1.55. The number of hydrogen-bond donors (Lipinski definition) is 2. The number of carbonyl (C=O) groups excluding carboxylic acids is 1. The summed E-state index contributed by atoms with van der Waals surface area (Å²) in [5, 5.41) is 3.92. The molecule has 0 radical (unpaired) electrons. The van der Waals surface area contributed by atoms with E-state index < -0.39 is 0 Å². The lowest BCUT2D eigenvalue weighted by Gasteiger charge is -2.13. The molecule has 2 N–H and O–H groups in total. The van der Waals surface area contributed by atoms with Gasteiger partial charge in [-0.2, -0.15) is 0 Å². The van der Waals surface area contributed by atoms with Crippen molar-refractivity contribution < 1.29 is 13.9 Å². The number of rotatable bonds is 6. The van der Waals surface area contributed by atoms with E-state index in [-0.39, 0.29) is 23.0 Å². The second-order valence-electron chi connectivity index (χ2n) is 7.47. The molecule has 5 aromatic rings. The number of anilines is 1. The second kappa shape index (κ2) is 9.03. The molecule has 0 saturated carbocycles. The van der Waals surface area contributed by atoms with Crippen molar-refractivity contribution >= 4 is 45.3 Å². The molecule has 1 amide bonds. The van der Waals surface area contributed by atoms with Crippen LogP contribution in [0, 0.1) is 5.82 Å². The fraction of sp³-hybridized carbons (Fsp3) is 0.0800. The van der Waals surface area contributed by atoms with Crippen molar-refractivity contribution in [3.8, 4) is 11.4 Å². The number of nitrogens with one attached hydrogen (secondary N) is 2. The highest BCUT2D eigenvalue weighted by molar-refractivity contribution is 7.99. The Morgan fingerprint density at radius 2 is 1.91 bits per heavy atom. The van der Waals surface area contributed by atoms with Gasteiger partial charge in [-0.1, -0.05) is 36.0 Å². The fourth-order valence-electron chi connectivity index (χ4n) is 3.68. The molecule has 0 spiro atoms. The van der Waals surface area contributed by atoms with Gasteiger partial charge in [-0.05, 0) is 42.5 Å². The van der Waals surface area contributed by atoms with Crippen LogP contribution in [0.3, 0.4) is 0 Å². The van der Waals surface area contributed by atoms with Gasteiger partial charge in [-0.25, -0.2) is 9.37 Å². The number of para-hydroxylation sites is 1. The first kappa shape index (κ1) is 21.7. The van der Waals surface area contributed by atoms with Gasteiger partial charge in [0, 0.05) is 22.7 Å². The number of ether oxygens (including phenoxy) is 1. The van der Waals surface area contributed by atoms with Crippen molar-refractivity contribution in [2.75, 3.05) is 18.2 Å². The summed E-state index contributed by atoms with van der Waals surface area (Å²) in [6.45, 7) is 0. The first-order valence-corrected chi connectivity index (χ1v) is 11.4. The predicted octanol–water partition coefficient (Wildman–Crippen LogP) is 4.75. The molecule has 5 rings (SSSR count). The molecule has 7 nitrogen and oxygen atoms in total. The summed E-state index contributed by atoms with van der Waals surface area (Å²) in [6, 6.07) is 20.1. The van der Waals surface area contributed by atoms with Gasteiger partial charge >= 0.3 is 0 Å². The summed E-state index contributed by atoms with van der Waals surface area (Å²) in [6.07, 6.45) is 0. The Labute approximate surface area is 197 Å². The number of amides is 1. The lowest BCUT2D eigenvalue weighted by Crippen LogP contribution is -2.23. The van der Waals surface area contributed by atoms with E-state index in [0.29, 0.717) is 33.3 Å². The number of H-pyrrole nitrogens is 1. The number of hydrogen-bond acceptors (Lipinski definition) is 5. The quantitative estimate of drug-likeness (QED) is 0.274. The number of thioether (sulfide) groups is 1. The highest BCUT2D eigenvalue weighted by atomic mass is 32.2. The van der Waals surface area contributed by atoms with Gasteiger partial charge in [-0.15, -0.1) is 0 Å². The molecule has 2 aromatic heterocycles. The van der Waals surface area contributed by atoms with Crippen LogP contribution in [0.25, 0.3) is 27.6 Å². The summed E-state index contributed by atoms with van der Waals surface area (Å²) in [5.41, 5.74) is 2.49. The van der Waals surface area contributed by atoms with E-state index in [1.165, 1.54) is 28.8 Å². The maximum absolute atomic E-state index is 13.6. The minimum Gasteiger partial charge on any atom is -0.497 e. The normalized spacial score (nSPS) is 11.1. The van der Waals surface area contributed by atoms with Crippen LogP contribution in [0.2, 0.25) is 0 Å². The molecule has 170 valence electrons. The Morgan fingerprint density at radius 1 is 1.12 bits per heavy atom. The summed E-state index contributed by atoms with van der Waals surface area (Å²) < 4.78 is 19.9. The molecule has 34 heavy (non-hydrogen) atoms. The Hall–Kier alpha value is -4.11. The molecule has 0 aliphatic rings. The summed E-state index contributed by atoms with van der Waals surface area (Å²) in [5.74, 6) is -0.0964. The van der Waals surface area contributed by atoms with Crippen LogP contribution in [-0.2, 0) is 4.79 Å². The fourth-order valence-corrected chi connectivity index (χ4v) is 4.48. The molecule has 0 saturated heterocycles. The van der Waals surface area contributed by atoms with E-state index in [9.17, 15) is 14.0 Å². The van der Waals surface area contributed by atoms with Gasteiger partial charge in [-0.3, -0.25) is 14.2 Å². The average molecular weight is 475 g/mol. The van der Waals surface area contributed by atoms with E-state index in [4.69, 9.17) is 9.72 Å².